The molecule has 0 saturated heterocycles. The SMILES string of the molecule is CCNc1nnc(SC(C)C(=O)c2cc(C)ccc2C)s1. The molecule has 1 unspecified atom stereocenters. The normalized spacial score (nSPS) is 12.2. The molecule has 6 heteroatoms. The largest absolute Gasteiger partial charge is 0.360 e. The summed E-state index contributed by atoms with van der Waals surface area (Å²) in [6, 6.07) is 5.98. The Hall–Kier alpha value is -1.40. The van der Waals surface area contributed by atoms with Gasteiger partial charge in [0.15, 0.2) is 10.1 Å². The summed E-state index contributed by atoms with van der Waals surface area (Å²) >= 11 is 2.95. The lowest BCUT2D eigenvalue weighted by molar-refractivity contribution is 0.0993. The number of Topliss-reactive ketones (excluding diaryl/α,β-unsaturated/α-hetero) is 1. The predicted octanol–water partition coefficient (Wildman–Crippen LogP) is 3.95. The highest BCUT2D eigenvalue weighted by atomic mass is 32.2. The van der Waals surface area contributed by atoms with Gasteiger partial charge in [-0.25, -0.2) is 0 Å². The number of aromatic nitrogens is 2. The first-order valence-corrected chi connectivity index (χ1v) is 8.56. The molecule has 0 aliphatic rings. The van der Waals surface area contributed by atoms with Crippen LogP contribution in [-0.2, 0) is 0 Å². The lowest BCUT2D eigenvalue weighted by Gasteiger charge is -2.11. The van der Waals surface area contributed by atoms with Gasteiger partial charge in [-0.1, -0.05) is 40.8 Å². The summed E-state index contributed by atoms with van der Waals surface area (Å²) in [6.45, 7) is 8.72. The Kier molecular flexibility index (Phi) is 5.36. The third kappa shape index (κ3) is 4.04. The maximum absolute atomic E-state index is 12.6. The van der Waals surface area contributed by atoms with Crippen molar-refractivity contribution in [1.82, 2.24) is 10.2 Å². The predicted molar refractivity (Wildman–Crippen MR) is 89.6 cm³/mol. The molecule has 1 aromatic heterocycles. The van der Waals surface area contributed by atoms with Crippen molar-refractivity contribution in [3.63, 3.8) is 0 Å². The number of aryl methyl sites for hydroxylation is 2. The number of benzene rings is 1. The average Bonchev–Trinajstić information content (AvgIpc) is 2.88. The quantitative estimate of drug-likeness (QED) is 0.645. The van der Waals surface area contributed by atoms with E-state index in [9.17, 15) is 4.79 Å². The number of rotatable bonds is 6. The molecule has 2 rings (SSSR count). The minimum Gasteiger partial charge on any atom is -0.360 e. The zero-order chi connectivity index (χ0) is 15.4. The Morgan fingerprint density at radius 3 is 2.86 bits per heavy atom. The second kappa shape index (κ2) is 7.04. The number of hydrogen-bond acceptors (Lipinski definition) is 6. The van der Waals surface area contributed by atoms with Gasteiger partial charge >= 0.3 is 0 Å². The monoisotopic (exact) mass is 321 g/mol. The number of carbonyl (C=O) groups is 1. The fraction of sp³-hybridized carbons (Fsp3) is 0.400. The summed E-state index contributed by atoms with van der Waals surface area (Å²) in [5.41, 5.74) is 2.92. The Labute approximate surface area is 133 Å². The molecule has 1 atom stereocenters. The topological polar surface area (TPSA) is 54.9 Å². The third-order valence-corrected chi connectivity index (χ3v) is 5.11. The van der Waals surface area contributed by atoms with Gasteiger partial charge in [0, 0.05) is 12.1 Å². The van der Waals surface area contributed by atoms with E-state index in [-0.39, 0.29) is 11.0 Å². The maximum Gasteiger partial charge on any atom is 0.206 e. The van der Waals surface area contributed by atoms with Gasteiger partial charge in [0.2, 0.25) is 5.13 Å². The van der Waals surface area contributed by atoms with E-state index in [0.29, 0.717) is 0 Å². The lowest BCUT2D eigenvalue weighted by Crippen LogP contribution is -2.15. The molecule has 0 fully saturated rings. The first kappa shape index (κ1) is 16.0. The van der Waals surface area contributed by atoms with Crippen LogP contribution in [0.15, 0.2) is 22.5 Å². The molecule has 0 bridgehead atoms. The van der Waals surface area contributed by atoms with Crippen molar-refractivity contribution in [2.24, 2.45) is 0 Å². The van der Waals surface area contributed by atoms with Crippen molar-refractivity contribution in [1.29, 1.82) is 0 Å². The minimum absolute atomic E-state index is 0.140. The molecule has 4 nitrogen and oxygen atoms in total. The van der Waals surface area contributed by atoms with Crippen LogP contribution in [0.1, 0.15) is 35.3 Å². The molecular weight excluding hydrogens is 302 g/mol. The average molecular weight is 321 g/mol. The molecule has 1 N–H and O–H groups in total. The minimum atomic E-state index is -0.173. The Balaban J connectivity index is 2.09. The van der Waals surface area contributed by atoms with Crippen molar-refractivity contribution in [3.8, 4) is 0 Å². The van der Waals surface area contributed by atoms with E-state index >= 15 is 0 Å². The van der Waals surface area contributed by atoms with E-state index < -0.39 is 0 Å². The van der Waals surface area contributed by atoms with Crippen LogP contribution >= 0.6 is 23.1 Å². The fourth-order valence-corrected chi connectivity index (χ4v) is 3.94. The highest BCUT2D eigenvalue weighted by molar-refractivity contribution is 8.02. The number of carbonyl (C=O) groups excluding carboxylic acids is 1. The van der Waals surface area contributed by atoms with E-state index in [2.05, 4.69) is 15.5 Å². The summed E-state index contributed by atoms with van der Waals surface area (Å²) in [4.78, 5) is 12.6. The number of nitrogens with one attached hydrogen (secondary N) is 1. The number of anilines is 1. The zero-order valence-corrected chi connectivity index (χ0v) is 14.3. The van der Waals surface area contributed by atoms with Gasteiger partial charge in [-0.2, -0.15) is 0 Å². The first-order valence-electron chi connectivity index (χ1n) is 6.86. The van der Waals surface area contributed by atoms with Crippen molar-refractivity contribution in [2.75, 3.05) is 11.9 Å². The highest BCUT2D eigenvalue weighted by Gasteiger charge is 2.20. The Morgan fingerprint density at radius 1 is 1.38 bits per heavy atom. The van der Waals surface area contributed by atoms with Crippen LogP contribution in [0.2, 0.25) is 0 Å². The van der Waals surface area contributed by atoms with Crippen LogP contribution in [0.3, 0.4) is 0 Å². The molecule has 0 aliphatic heterocycles. The van der Waals surface area contributed by atoms with Crippen LogP contribution in [0.5, 0.6) is 0 Å². The maximum atomic E-state index is 12.6. The molecule has 112 valence electrons. The number of thioether (sulfide) groups is 1. The van der Waals surface area contributed by atoms with Gasteiger partial charge in [-0.05, 0) is 39.3 Å². The zero-order valence-electron chi connectivity index (χ0n) is 12.6. The van der Waals surface area contributed by atoms with Crippen molar-refractivity contribution < 1.29 is 4.79 Å². The summed E-state index contributed by atoms with van der Waals surface area (Å²) in [5, 5.41) is 11.9. The Bertz CT molecular complexity index is 640. The fourth-order valence-electron chi connectivity index (χ4n) is 1.91. The van der Waals surface area contributed by atoms with E-state index in [1.165, 1.54) is 23.1 Å². The smallest absolute Gasteiger partial charge is 0.206 e. The molecule has 1 heterocycles. The van der Waals surface area contributed by atoms with E-state index in [4.69, 9.17) is 0 Å². The van der Waals surface area contributed by atoms with Gasteiger partial charge in [0.05, 0.1) is 5.25 Å². The summed E-state index contributed by atoms with van der Waals surface area (Å²) in [7, 11) is 0. The number of ketones is 1. The molecule has 0 aliphatic carbocycles. The van der Waals surface area contributed by atoms with Crippen LogP contribution in [-0.4, -0.2) is 27.8 Å². The van der Waals surface area contributed by atoms with Crippen molar-refractivity contribution in [2.45, 2.75) is 37.3 Å². The van der Waals surface area contributed by atoms with Crippen molar-refractivity contribution >= 4 is 34.0 Å². The number of hydrogen-bond donors (Lipinski definition) is 1. The van der Waals surface area contributed by atoms with E-state index in [1.54, 1.807) is 0 Å². The molecule has 21 heavy (non-hydrogen) atoms. The summed E-state index contributed by atoms with van der Waals surface area (Å²) in [5.74, 6) is 0.140. The summed E-state index contributed by atoms with van der Waals surface area (Å²) in [6.07, 6.45) is 0. The lowest BCUT2D eigenvalue weighted by atomic mass is 10.0. The first-order chi connectivity index (χ1) is 10.0. The van der Waals surface area contributed by atoms with Gasteiger partial charge in [-0.15, -0.1) is 10.2 Å². The second-order valence-electron chi connectivity index (χ2n) is 4.85. The van der Waals surface area contributed by atoms with E-state index in [1.807, 2.05) is 45.9 Å². The molecule has 0 radical (unpaired) electrons. The molecule has 1 aromatic carbocycles. The van der Waals surface area contributed by atoms with Gasteiger partial charge in [0.25, 0.3) is 0 Å². The molecule has 2 aromatic rings. The van der Waals surface area contributed by atoms with Crippen molar-refractivity contribution in [3.05, 3.63) is 34.9 Å². The molecule has 0 spiro atoms. The number of nitrogens with zero attached hydrogens (tertiary/aromatic N) is 2. The highest BCUT2D eigenvalue weighted by Crippen LogP contribution is 2.30. The van der Waals surface area contributed by atoms with E-state index in [0.717, 1.165) is 32.7 Å². The Morgan fingerprint density at radius 2 is 2.14 bits per heavy atom. The second-order valence-corrected chi connectivity index (χ2v) is 7.41. The standard InChI is InChI=1S/C15H19N3OS2/c1-5-16-14-17-18-15(21-14)20-11(4)13(19)12-8-9(2)6-7-10(12)3/h6-8,11H,5H2,1-4H3,(H,16,17). The van der Waals surface area contributed by atoms with Crippen LogP contribution in [0.4, 0.5) is 5.13 Å². The molecule has 0 amide bonds. The van der Waals surface area contributed by atoms with Gasteiger partial charge in [-0.3, -0.25) is 4.79 Å². The van der Waals surface area contributed by atoms with Crippen LogP contribution in [0, 0.1) is 13.8 Å². The third-order valence-electron chi connectivity index (χ3n) is 3.04. The molecular formula is C15H19N3OS2. The summed E-state index contributed by atoms with van der Waals surface area (Å²) < 4.78 is 0.817. The van der Waals surface area contributed by atoms with Crippen LogP contribution < -0.4 is 5.32 Å². The van der Waals surface area contributed by atoms with Gasteiger partial charge < -0.3 is 5.32 Å². The molecule has 0 saturated carbocycles. The van der Waals surface area contributed by atoms with Gasteiger partial charge in [0.1, 0.15) is 0 Å². The van der Waals surface area contributed by atoms with Crippen LogP contribution in [0.25, 0.3) is 0 Å².